The van der Waals surface area contributed by atoms with Gasteiger partial charge in [0.05, 0.1) is 6.42 Å². The summed E-state index contributed by atoms with van der Waals surface area (Å²) in [5.74, 6) is -1.42. The molecule has 0 saturated heterocycles. The maximum absolute atomic E-state index is 11.5. The number of allylic oxidation sites excluding steroid dienone is 2. The van der Waals surface area contributed by atoms with Crippen LogP contribution in [0.1, 0.15) is 12.0 Å². The molecule has 0 fully saturated rings. The van der Waals surface area contributed by atoms with Crippen molar-refractivity contribution in [1.29, 1.82) is 0 Å². The number of rotatable bonds is 2. The van der Waals surface area contributed by atoms with Gasteiger partial charge in [-0.25, -0.2) is 0 Å². The summed E-state index contributed by atoms with van der Waals surface area (Å²) in [5, 5.41) is 0. The summed E-state index contributed by atoms with van der Waals surface area (Å²) in [6, 6.07) is 9.39. The van der Waals surface area contributed by atoms with E-state index in [1.165, 1.54) is 6.08 Å². The lowest BCUT2D eigenvalue weighted by molar-refractivity contribution is -0.136. The summed E-state index contributed by atoms with van der Waals surface area (Å²) in [6.07, 6.45) is 1.30. The van der Waals surface area contributed by atoms with Crippen LogP contribution in [0.4, 0.5) is 0 Å². The Kier molecular flexibility index (Phi) is 2.77. The molecule has 0 aromatic heterocycles. The van der Waals surface area contributed by atoms with Gasteiger partial charge in [-0.15, -0.1) is 0 Å². The average molecular weight is 214 g/mol. The largest absolute Gasteiger partial charge is 0.294 e. The van der Waals surface area contributed by atoms with Crippen LogP contribution in [0, 0.1) is 0 Å². The fraction of sp³-hybridized carbons (Fsp3) is 0.154. The standard InChI is InChI=1S/C13H10O3/c14-11-8-13(16)12(15)7-10(11)6-9-4-2-1-3-5-9/h1-5,7H,6,8H2. The maximum Gasteiger partial charge on any atom is 0.222 e. The Morgan fingerprint density at radius 3 is 2.31 bits per heavy atom. The normalized spacial score (nSPS) is 16.2. The van der Waals surface area contributed by atoms with Crippen molar-refractivity contribution in [2.75, 3.05) is 0 Å². The van der Waals surface area contributed by atoms with Crippen LogP contribution < -0.4 is 0 Å². The van der Waals surface area contributed by atoms with E-state index in [9.17, 15) is 14.4 Å². The molecule has 0 atom stereocenters. The van der Waals surface area contributed by atoms with Gasteiger partial charge in [-0.3, -0.25) is 14.4 Å². The van der Waals surface area contributed by atoms with Crippen LogP contribution in [-0.2, 0) is 20.8 Å². The smallest absolute Gasteiger partial charge is 0.222 e. The first-order valence-corrected chi connectivity index (χ1v) is 5.01. The van der Waals surface area contributed by atoms with E-state index in [2.05, 4.69) is 0 Å². The van der Waals surface area contributed by atoms with Gasteiger partial charge >= 0.3 is 0 Å². The van der Waals surface area contributed by atoms with Crippen LogP contribution in [0.2, 0.25) is 0 Å². The van der Waals surface area contributed by atoms with Crippen LogP contribution in [0.3, 0.4) is 0 Å². The van der Waals surface area contributed by atoms with Gasteiger partial charge in [-0.05, 0) is 11.6 Å². The van der Waals surface area contributed by atoms with Crippen molar-refractivity contribution in [3.63, 3.8) is 0 Å². The van der Waals surface area contributed by atoms with Gasteiger partial charge in [-0.1, -0.05) is 30.3 Å². The van der Waals surface area contributed by atoms with Crippen molar-refractivity contribution in [3.8, 4) is 0 Å². The van der Waals surface area contributed by atoms with E-state index in [0.717, 1.165) is 5.56 Å². The molecule has 0 N–H and O–H groups in total. The second kappa shape index (κ2) is 4.23. The third kappa shape index (κ3) is 2.14. The van der Waals surface area contributed by atoms with Crippen molar-refractivity contribution < 1.29 is 14.4 Å². The molecule has 1 aliphatic rings. The fourth-order valence-corrected chi connectivity index (χ4v) is 1.63. The molecule has 0 spiro atoms. The molecular weight excluding hydrogens is 204 g/mol. The monoisotopic (exact) mass is 214 g/mol. The molecule has 0 radical (unpaired) electrons. The second-order valence-electron chi connectivity index (χ2n) is 3.72. The zero-order valence-electron chi connectivity index (χ0n) is 8.60. The minimum absolute atomic E-state index is 0.242. The SMILES string of the molecule is O=C1C=C(Cc2ccccc2)C(=O)CC1=O. The van der Waals surface area contributed by atoms with Gasteiger partial charge in [0.1, 0.15) is 0 Å². The first-order valence-electron chi connectivity index (χ1n) is 5.01. The summed E-state index contributed by atoms with van der Waals surface area (Å²) in [5.41, 5.74) is 1.39. The zero-order chi connectivity index (χ0) is 11.5. The van der Waals surface area contributed by atoms with E-state index in [-0.39, 0.29) is 12.2 Å². The van der Waals surface area contributed by atoms with Crippen LogP contribution in [0.15, 0.2) is 42.0 Å². The quantitative estimate of drug-likeness (QED) is 0.550. The lowest BCUT2D eigenvalue weighted by Gasteiger charge is -2.09. The van der Waals surface area contributed by atoms with Crippen molar-refractivity contribution in [1.82, 2.24) is 0 Å². The summed E-state index contributed by atoms with van der Waals surface area (Å²) in [6.45, 7) is 0. The number of ketones is 3. The summed E-state index contributed by atoms with van der Waals surface area (Å²) in [4.78, 5) is 33.7. The van der Waals surface area contributed by atoms with E-state index < -0.39 is 11.6 Å². The van der Waals surface area contributed by atoms with Gasteiger partial charge in [0.2, 0.25) is 11.6 Å². The van der Waals surface area contributed by atoms with Gasteiger partial charge in [0, 0.05) is 12.0 Å². The number of Topliss-reactive ketones (excluding diaryl/α,β-unsaturated/α-hetero) is 2. The van der Waals surface area contributed by atoms with E-state index in [4.69, 9.17) is 0 Å². The molecule has 1 aliphatic carbocycles. The minimum Gasteiger partial charge on any atom is -0.294 e. The lowest BCUT2D eigenvalue weighted by Crippen LogP contribution is -2.24. The van der Waals surface area contributed by atoms with Crippen LogP contribution in [0.25, 0.3) is 0 Å². The minimum atomic E-state index is -0.609. The predicted molar refractivity (Wildman–Crippen MR) is 57.9 cm³/mol. The van der Waals surface area contributed by atoms with Crippen molar-refractivity contribution in [2.45, 2.75) is 12.8 Å². The molecule has 1 aromatic rings. The number of carbonyl (C=O) groups excluding carboxylic acids is 3. The molecule has 1 aromatic carbocycles. The Labute approximate surface area is 92.8 Å². The third-order valence-electron chi connectivity index (χ3n) is 2.50. The Bertz CT molecular complexity index is 483. The Hall–Kier alpha value is -2.03. The molecule has 0 unspecified atom stereocenters. The van der Waals surface area contributed by atoms with E-state index in [0.29, 0.717) is 12.0 Å². The van der Waals surface area contributed by atoms with Crippen molar-refractivity contribution in [2.24, 2.45) is 0 Å². The Morgan fingerprint density at radius 1 is 0.938 bits per heavy atom. The molecule has 0 aliphatic heterocycles. The van der Waals surface area contributed by atoms with Gasteiger partial charge in [0.15, 0.2) is 5.78 Å². The Morgan fingerprint density at radius 2 is 1.62 bits per heavy atom. The molecule has 16 heavy (non-hydrogen) atoms. The molecule has 3 nitrogen and oxygen atoms in total. The number of hydrogen-bond donors (Lipinski definition) is 0. The lowest BCUT2D eigenvalue weighted by atomic mass is 9.91. The zero-order valence-corrected chi connectivity index (χ0v) is 8.60. The summed E-state index contributed by atoms with van der Waals surface area (Å²) in [7, 11) is 0. The Balaban J connectivity index is 2.22. The molecule has 2 rings (SSSR count). The molecule has 80 valence electrons. The first kappa shape index (κ1) is 10.5. The van der Waals surface area contributed by atoms with E-state index in [1.54, 1.807) is 0 Å². The van der Waals surface area contributed by atoms with Crippen LogP contribution in [-0.4, -0.2) is 17.3 Å². The maximum atomic E-state index is 11.5. The summed E-state index contributed by atoms with van der Waals surface area (Å²) >= 11 is 0. The highest BCUT2D eigenvalue weighted by Gasteiger charge is 2.25. The van der Waals surface area contributed by atoms with Gasteiger partial charge in [0.25, 0.3) is 0 Å². The van der Waals surface area contributed by atoms with Crippen molar-refractivity contribution in [3.05, 3.63) is 47.5 Å². The predicted octanol–water partition coefficient (Wildman–Crippen LogP) is 1.27. The molecular formula is C13H10O3. The highest BCUT2D eigenvalue weighted by atomic mass is 16.2. The van der Waals surface area contributed by atoms with E-state index in [1.807, 2.05) is 30.3 Å². The molecule has 0 saturated carbocycles. The summed E-state index contributed by atoms with van der Waals surface area (Å²) < 4.78 is 0. The average Bonchev–Trinajstić information content (AvgIpc) is 2.27. The van der Waals surface area contributed by atoms with Crippen LogP contribution >= 0.6 is 0 Å². The molecule has 0 bridgehead atoms. The molecule has 0 amide bonds. The molecule has 3 heteroatoms. The number of carbonyl (C=O) groups is 3. The topological polar surface area (TPSA) is 51.2 Å². The second-order valence-corrected chi connectivity index (χ2v) is 3.72. The highest BCUT2D eigenvalue weighted by molar-refractivity contribution is 6.48. The third-order valence-corrected chi connectivity index (χ3v) is 2.50. The van der Waals surface area contributed by atoms with E-state index >= 15 is 0 Å². The van der Waals surface area contributed by atoms with Crippen LogP contribution in [0.5, 0.6) is 0 Å². The molecule has 0 heterocycles. The van der Waals surface area contributed by atoms with Gasteiger partial charge < -0.3 is 0 Å². The first-order chi connectivity index (χ1) is 7.66. The van der Waals surface area contributed by atoms with Crippen molar-refractivity contribution >= 4 is 17.3 Å². The number of benzene rings is 1. The highest BCUT2D eigenvalue weighted by Crippen LogP contribution is 2.14. The fourth-order valence-electron chi connectivity index (χ4n) is 1.63. The van der Waals surface area contributed by atoms with Gasteiger partial charge in [-0.2, -0.15) is 0 Å². The number of hydrogen-bond acceptors (Lipinski definition) is 3.